The summed E-state index contributed by atoms with van der Waals surface area (Å²) in [4.78, 5) is 28.1. The predicted molar refractivity (Wildman–Crippen MR) is 138 cm³/mol. The third kappa shape index (κ3) is 4.28. The molecule has 0 spiro atoms. The molecule has 0 saturated carbocycles. The molecule has 0 bridgehead atoms. The lowest BCUT2D eigenvalue weighted by Crippen LogP contribution is -2.29. The Kier molecular flexibility index (Phi) is 6.75. The number of carbonyl (C=O) groups is 2. The maximum atomic E-state index is 13.4. The van der Waals surface area contributed by atoms with Crippen LogP contribution in [0.15, 0.2) is 60.2 Å². The number of rotatable bonds is 6. The topological polar surface area (TPSA) is 96.3 Å². The number of aromatic hydroxyl groups is 1. The molecule has 0 aliphatic carbocycles. The number of ether oxygens (including phenoxy) is 2. The van der Waals surface area contributed by atoms with Crippen molar-refractivity contribution in [2.75, 3.05) is 18.6 Å². The molecule has 7 heteroatoms. The van der Waals surface area contributed by atoms with Gasteiger partial charge in [0.1, 0.15) is 11.5 Å². The van der Waals surface area contributed by atoms with Crippen LogP contribution in [-0.2, 0) is 9.59 Å². The predicted octanol–water partition coefficient (Wildman–Crippen LogP) is 5.35. The van der Waals surface area contributed by atoms with E-state index in [2.05, 4.69) is 0 Å². The van der Waals surface area contributed by atoms with Gasteiger partial charge in [0.15, 0.2) is 11.5 Å². The molecular formula is C29H29NO6. The zero-order valence-corrected chi connectivity index (χ0v) is 21.0. The van der Waals surface area contributed by atoms with Gasteiger partial charge in [0.2, 0.25) is 0 Å². The lowest BCUT2D eigenvalue weighted by molar-refractivity contribution is -0.132. The first-order valence-corrected chi connectivity index (χ1v) is 11.7. The molecule has 36 heavy (non-hydrogen) atoms. The molecule has 0 radical (unpaired) electrons. The molecule has 1 aliphatic heterocycles. The molecule has 1 atom stereocenters. The minimum atomic E-state index is -1.01. The van der Waals surface area contributed by atoms with E-state index in [9.17, 15) is 19.8 Å². The van der Waals surface area contributed by atoms with E-state index in [0.29, 0.717) is 29.2 Å². The van der Waals surface area contributed by atoms with Gasteiger partial charge >= 0.3 is 0 Å². The first kappa shape index (κ1) is 24.9. The van der Waals surface area contributed by atoms with Gasteiger partial charge in [-0.25, -0.2) is 0 Å². The van der Waals surface area contributed by atoms with Crippen LogP contribution >= 0.6 is 0 Å². The number of phenolic OH excluding ortho intramolecular Hbond substituents is 1. The number of aliphatic hydroxyl groups excluding tert-OH is 1. The van der Waals surface area contributed by atoms with Gasteiger partial charge in [-0.1, -0.05) is 24.3 Å². The molecule has 3 aromatic carbocycles. The fourth-order valence-corrected chi connectivity index (χ4v) is 4.40. The number of methoxy groups -OCH3 is 1. The van der Waals surface area contributed by atoms with Crippen molar-refractivity contribution in [3.8, 4) is 17.2 Å². The molecule has 1 fully saturated rings. The minimum Gasteiger partial charge on any atom is -0.507 e. The Labute approximate surface area is 210 Å². The molecule has 7 nitrogen and oxygen atoms in total. The van der Waals surface area contributed by atoms with E-state index in [4.69, 9.17) is 9.47 Å². The summed E-state index contributed by atoms with van der Waals surface area (Å²) in [7, 11) is 1.52. The van der Waals surface area contributed by atoms with Gasteiger partial charge in [-0.3, -0.25) is 14.5 Å². The smallest absolute Gasteiger partial charge is 0.300 e. The third-order valence-corrected chi connectivity index (χ3v) is 6.42. The second kappa shape index (κ2) is 9.77. The third-order valence-electron chi connectivity index (χ3n) is 6.42. The minimum absolute atomic E-state index is 0.0724. The molecule has 4 rings (SSSR count). The van der Waals surface area contributed by atoms with Crippen LogP contribution in [0.4, 0.5) is 5.69 Å². The van der Waals surface area contributed by atoms with Gasteiger partial charge in [0.25, 0.3) is 11.7 Å². The Morgan fingerprint density at radius 2 is 1.69 bits per heavy atom. The van der Waals surface area contributed by atoms with Crippen LogP contribution in [0.2, 0.25) is 0 Å². The van der Waals surface area contributed by atoms with E-state index in [1.807, 2.05) is 33.8 Å². The Balaban J connectivity index is 2.01. The highest BCUT2D eigenvalue weighted by Crippen LogP contribution is 2.46. The number of anilines is 1. The fraction of sp³-hybridized carbons (Fsp3) is 0.241. The number of aryl methyl sites for hydroxylation is 3. The Morgan fingerprint density at radius 1 is 0.944 bits per heavy atom. The SMILES string of the molecule is CCOc1cc(C2/C(=C(/O)c3ccc(C)c(C)c3)C(=O)C(=O)N2c2cc(C)ccc2O)ccc1OC. The maximum Gasteiger partial charge on any atom is 0.300 e. The normalized spacial score (nSPS) is 16.9. The standard InChI is InChI=1S/C29H29NO6/c1-6-36-24-15-19(10-12-23(24)35-5)26-25(27(32)20-9-8-17(3)18(4)14-20)28(33)29(34)30(26)21-13-16(2)7-11-22(21)31/h7-15,26,31-32H,6H2,1-5H3/b27-25-. The van der Waals surface area contributed by atoms with E-state index in [0.717, 1.165) is 16.7 Å². The number of Topliss-reactive ketones (excluding diaryl/α,β-unsaturated/α-hetero) is 1. The summed E-state index contributed by atoms with van der Waals surface area (Å²) >= 11 is 0. The number of nitrogens with zero attached hydrogens (tertiary/aromatic N) is 1. The molecule has 3 aromatic rings. The molecule has 186 valence electrons. The highest BCUT2D eigenvalue weighted by atomic mass is 16.5. The number of carbonyl (C=O) groups excluding carboxylic acids is 2. The van der Waals surface area contributed by atoms with Gasteiger partial charge in [-0.15, -0.1) is 0 Å². The monoisotopic (exact) mass is 487 g/mol. The quantitative estimate of drug-likeness (QED) is 0.276. The highest BCUT2D eigenvalue weighted by molar-refractivity contribution is 6.52. The Hall–Kier alpha value is -4.26. The molecule has 1 heterocycles. The van der Waals surface area contributed by atoms with Crippen LogP contribution in [0.3, 0.4) is 0 Å². The zero-order chi connectivity index (χ0) is 26.1. The second-order valence-electron chi connectivity index (χ2n) is 8.80. The van der Waals surface area contributed by atoms with Crippen molar-refractivity contribution in [1.82, 2.24) is 0 Å². The van der Waals surface area contributed by atoms with Gasteiger partial charge in [-0.2, -0.15) is 0 Å². The largest absolute Gasteiger partial charge is 0.507 e. The van der Waals surface area contributed by atoms with E-state index in [-0.39, 0.29) is 22.8 Å². The van der Waals surface area contributed by atoms with Crippen molar-refractivity contribution in [2.45, 2.75) is 33.7 Å². The summed E-state index contributed by atoms with van der Waals surface area (Å²) in [5.41, 5.74) is 3.81. The van der Waals surface area contributed by atoms with Crippen molar-refractivity contribution in [3.63, 3.8) is 0 Å². The van der Waals surface area contributed by atoms with Gasteiger partial charge < -0.3 is 19.7 Å². The van der Waals surface area contributed by atoms with Crippen LogP contribution in [0.1, 0.15) is 40.8 Å². The average molecular weight is 488 g/mol. The van der Waals surface area contributed by atoms with Crippen molar-refractivity contribution in [1.29, 1.82) is 0 Å². The number of hydrogen-bond acceptors (Lipinski definition) is 6. The summed E-state index contributed by atoms with van der Waals surface area (Å²) < 4.78 is 11.1. The van der Waals surface area contributed by atoms with Crippen molar-refractivity contribution >= 4 is 23.1 Å². The molecule has 0 aromatic heterocycles. The van der Waals surface area contributed by atoms with E-state index in [1.165, 1.54) is 18.1 Å². The number of benzene rings is 3. The second-order valence-corrected chi connectivity index (χ2v) is 8.80. The van der Waals surface area contributed by atoms with Gasteiger partial charge in [0, 0.05) is 5.56 Å². The van der Waals surface area contributed by atoms with Crippen molar-refractivity contribution < 1.29 is 29.3 Å². The van der Waals surface area contributed by atoms with Crippen molar-refractivity contribution in [3.05, 3.63) is 88.0 Å². The molecule has 2 N–H and O–H groups in total. The maximum absolute atomic E-state index is 13.4. The van der Waals surface area contributed by atoms with E-state index < -0.39 is 17.7 Å². The molecule has 1 amide bonds. The molecule has 1 unspecified atom stereocenters. The number of ketones is 1. The molecule has 1 aliphatic rings. The number of hydrogen-bond donors (Lipinski definition) is 2. The first-order valence-electron chi connectivity index (χ1n) is 11.7. The summed E-state index contributed by atoms with van der Waals surface area (Å²) in [6, 6.07) is 14.2. The highest BCUT2D eigenvalue weighted by Gasteiger charge is 2.48. The lowest BCUT2D eigenvalue weighted by Gasteiger charge is -2.27. The van der Waals surface area contributed by atoms with Crippen LogP contribution in [0.25, 0.3) is 5.76 Å². The summed E-state index contributed by atoms with van der Waals surface area (Å²) in [6.07, 6.45) is 0. The fourth-order valence-electron chi connectivity index (χ4n) is 4.40. The van der Waals surface area contributed by atoms with Crippen molar-refractivity contribution in [2.24, 2.45) is 0 Å². The molecular weight excluding hydrogens is 458 g/mol. The van der Waals surface area contributed by atoms with Crippen LogP contribution in [0, 0.1) is 20.8 Å². The number of amides is 1. The summed E-state index contributed by atoms with van der Waals surface area (Å²) in [6.45, 7) is 7.89. The van der Waals surface area contributed by atoms with E-state index in [1.54, 1.807) is 42.5 Å². The summed E-state index contributed by atoms with van der Waals surface area (Å²) in [5.74, 6) is -1.21. The Morgan fingerprint density at radius 3 is 2.36 bits per heavy atom. The van der Waals surface area contributed by atoms with Crippen LogP contribution in [0.5, 0.6) is 17.2 Å². The zero-order valence-electron chi connectivity index (χ0n) is 21.0. The van der Waals surface area contributed by atoms with Crippen LogP contribution in [-0.4, -0.2) is 35.6 Å². The van der Waals surface area contributed by atoms with Gasteiger partial charge in [0.05, 0.1) is 31.0 Å². The Bertz CT molecular complexity index is 1390. The van der Waals surface area contributed by atoms with E-state index >= 15 is 0 Å². The van der Waals surface area contributed by atoms with Gasteiger partial charge in [-0.05, 0) is 80.3 Å². The summed E-state index contributed by atoms with van der Waals surface area (Å²) in [5, 5.41) is 22.0. The number of phenols is 1. The van der Waals surface area contributed by atoms with Crippen LogP contribution < -0.4 is 14.4 Å². The average Bonchev–Trinajstić information content (AvgIpc) is 3.12. The lowest BCUT2D eigenvalue weighted by atomic mass is 9.93. The number of aliphatic hydroxyl groups is 1. The first-order chi connectivity index (χ1) is 17.2. The molecule has 1 saturated heterocycles.